The van der Waals surface area contributed by atoms with Gasteiger partial charge in [-0.05, 0) is 13.8 Å². The molecule has 3 N–H and O–H groups in total. The van der Waals surface area contributed by atoms with E-state index >= 15 is 0 Å². The van der Waals surface area contributed by atoms with Gasteiger partial charge in [0.25, 0.3) is 0 Å². The van der Waals surface area contributed by atoms with Crippen LogP contribution in [0.1, 0.15) is 25.5 Å². The van der Waals surface area contributed by atoms with Crippen molar-refractivity contribution in [1.82, 2.24) is 15.1 Å². The number of nitrogens with zero attached hydrogens (tertiary/aromatic N) is 2. The minimum absolute atomic E-state index is 0.337. The normalized spacial score (nSPS) is 13.2. The van der Waals surface area contributed by atoms with Crippen molar-refractivity contribution in [3.63, 3.8) is 0 Å². The number of aryl methyl sites for hydroxylation is 1. The first-order chi connectivity index (χ1) is 6.27. The van der Waals surface area contributed by atoms with Crippen molar-refractivity contribution in [2.45, 2.75) is 26.4 Å². The van der Waals surface area contributed by atoms with Crippen molar-refractivity contribution < 1.29 is 0 Å². The minimum Gasteiger partial charge on any atom is -0.329 e. The molecule has 0 bridgehead atoms. The summed E-state index contributed by atoms with van der Waals surface area (Å²) in [7, 11) is 0. The van der Waals surface area contributed by atoms with Crippen molar-refractivity contribution >= 4 is 0 Å². The summed E-state index contributed by atoms with van der Waals surface area (Å²) in [6.45, 7) is 6.63. The van der Waals surface area contributed by atoms with E-state index in [1.165, 1.54) is 5.56 Å². The largest absolute Gasteiger partial charge is 0.329 e. The topological polar surface area (TPSA) is 55.9 Å². The molecule has 0 saturated heterocycles. The summed E-state index contributed by atoms with van der Waals surface area (Å²) in [4.78, 5) is 0. The molecule has 0 radical (unpaired) electrons. The first-order valence-electron chi connectivity index (χ1n) is 4.73. The highest BCUT2D eigenvalue weighted by Crippen LogP contribution is 2.09. The molecule has 1 unspecified atom stereocenters. The first kappa shape index (κ1) is 10.2. The minimum atomic E-state index is 0.337. The third-order valence-electron chi connectivity index (χ3n) is 2.07. The van der Waals surface area contributed by atoms with E-state index in [0.717, 1.165) is 13.1 Å². The highest BCUT2D eigenvalue weighted by atomic mass is 15.3. The number of nitrogens with two attached hydrogens (primary N) is 1. The molecule has 1 heterocycles. The molecule has 0 aliphatic rings. The van der Waals surface area contributed by atoms with Crippen molar-refractivity contribution in [3.05, 3.63) is 18.0 Å². The van der Waals surface area contributed by atoms with E-state index in [9.17, 15) is 0 Å². The third kappa shape index (κ3) is 2.82. The lowest BCUT2D eigenvalue weighted by atomic mass is 10.2. The van der Waals surface area contributed by atoms with E-state index in [-0.39, 0.29) is 0 Å². The van der Waals surface area contributed by atoms with Crippen LogP contribution in [0.4, 0.5) is 0 Å². The molecule has 1 aromatic heterocycles. The van der Waals surface area contributed by atoms with Crippen LogP contribution in [-0.4, -0.2) is 22.9 Å². The molecule has 0 saturated carbocycles. The van der Waals surface area contributed by atoms with Gasteiger partial charge in [-0.1, -0.05) is 0 Å². The molecule has 0 fully saturated rings. The highest BCUT2D eigenvalue weighted by Gasteiger charge is 2.05. The van der Waals surface area contributed by atoms with E-state index in [0.29, 0.717) is 12.6 Å². The van der Waals surface area contributed by atoms with Crippen LogP contribution in [0.25, 0.3) is 0 Å². The fraction of sp³-hybridized carbons (Fsp3) is 0.667. The maximum Gasteiger partial charge on any atom is 0.0537 e. The first-order valence-corrected chi connectivity index (χ1v) is 4.73. The molecule has 1 aromatic rings. The van der Waals surface area contributed by atoms with Gasteiger partial charge in [-0.25, -0.2) is 0 Å². The third-order valence-corrected chi connectivity index (χ3v) is 2.07. The molecule has 0 aliphatic carbocycles. The Labute approximate surface area is 79.1 Å². The lowest BCUT2D eigenvalue weighted by molar-refractivity contribution is 0.580. The Balaban J connectivity index is 2.50. The predicted octanol–water partition coefficient (Wildman–Crippen LogP) is 0.512. The van der Waals surface area contributed by atoms with Crippen molar-refractivity contribution in [2.24, 2.45) is 5.73 Å². The van der Waals surface area contributed by atoms with Crippen LogP contribution in [0.3, 0.4) is 0 Å². The lowest BCUT2D eigenvalue weighted by Crippen LogP contribution is -2.25. The van der Waals surface area contributed by atoms with E-state index in [1.807, 2.05) is 10.9 Å². The summed E-state index contributed by atoms with van der Waals surface area (Å²) in [5.74, 6) is 0. The van der Waals surface area contributed by atoms with Crippen LogP contribution in [0.5, 0.6) is 0 Å². The molecule has 74 valence electrons. The maximum absolute atomic E-state index is 5.40. The van der Waals surface area contributed by atoms with Gasteiger partial charge < -0.3 is 11.1 Å². The predicted molar refractivity (Wildman–Crippen MR) is 53.4 cm³/mol. The molecule has 13 heavy (non-hydrogen) atoms. The highest BCUT2D eigenvalue weighted by molar-refractivity contribution is 5.08. The second kappa shape index (κ2) is 4.99. The Hall–Kier alpha value is -0.870. The van der Waals surface area contributed by atoms with E-state index in [4.69, 9.17) is 5.73 Å². The van der Waals surface area contributed by atoms with Gasteiger partial charge >= 0.3 is 0 Å². The van der Waals surface area contributed by atoms with Gasteiger partial charge in [0, 0.05) is 37.4 Å². The van der Waals surface area contributed by atoms with E-state index in [1.54, 1.807) is 0 Å². The van der Waals surface area contributed by atoms with Gasteiger partial charge in [0.05, 0.1) is 6.20 Å². The van der Waals surface area contributed by atoms with Gasteiger partial charge in [-0.2, -0.15) is 5.10 Å². The number of rotatable bonds is 5. The zero-order valence-electron chi connectivity index (χ0n) is 8.33. The number of hydrogen-bond donors (Lipinski definition) is 2. The zero-order chi connectivity index (χ0) is 9.68. The fourth-order valence-corrected chi connectivity index (χ4v) is 1.19. The van der Waals surface area contributed by atoms with E-state index < -0.39 is 0 Å². The van der Waals surface area contributed by atoms with Gasteiger partial charge in [0.1, 0.15) is 0 Å². The van der Waals surface area contributed by atoms with Crippen LogP contribution >= 0.6 is 0 Å². The molecule has 1 rings (SSSR count). The number of aromatic nitrogens is 2. The molecular weight excluding hydrogens is 164 g/mol. The maximum atomic E-state index is 5.40. The fourth-order valence-electron chi connectivity index (χ4n) is 1.19. The summed E-state index contributed by atoms with van der Waals surface area (Å²) in [6, 6.07) is 0.337. The van der Waals surface area contributed by atoms with Crippen molar-refractivity contribution in [3.8, 4) is 0 Å². The van der Waals surface area contributed by atoms with Gasteiger partial charge in [-0.15, -0.1) is 0 Å². The standard InChI is InChI=1S/C9H18N4/c1-3-13-7-9(6-12-13)8(2)11-5-4-10/h6-8,11H,3-5,10H2,1-2H3. The molecule has 0 spiro atoms. The SMILES string of the molecule is CCn1cc(C(C)NCCN)cn1. The zero-order valence-corrected chi connectivity index (χ0v) is 8.33. The molecule has 1 atom stereocenters. The van der Waals surface area contributed by atoms with Crippen LogP contribution in [0.15, 0.2) is 12.4 Å². The van der Waals surface area contributed by atoms with Gasteiger partial charge in [0.15, 0.2) is 0 Å². The molecule has 0 aliphatic heterocycles. The summed E-state index contributed by atoms with van der Waals surface area (Å²) in [6.07, 6.45) is 3.96. The average molecular weight is 182 g/mol. The van der Waals surface area contributed by atoms with Crippen molar-refractivity contribution in [1.29, 1.82) is 0 Å². The molecule has 4 heteroatoms. The number of nitrogens with one attached hydrogen (secondary N) is 1. The Kier molecular flexibility index (Phi) is 3.92. The Morgan fingerprint density at radius 2 is 2.46 bits per heavy atom. The lowest BCUT2D eigenvalue weighted by Gasteiger charge is -2.09. The average Bonchev–Trinajstić information content (AvgIpc) is 2.62. The monoisotopic (exact) mass is 182 g/mol. The Bertz CT molecular complexity index is 244. The summed E-state index contributed by atoms with van der Waals surface area (Å²) >= 11 is 0. The smallest absolute Gasteiger partial charge is 0.0537 e. The quantitative estimate of drug-likeness (QED) is 0.697. The summed E-state index contributed by atoms with van der Waals surface area (Å²) < 4.78 is 1.93. The summed E-state index contributed by atoms with van der Waals surface area (Å²) in [5.41, 5.74) is 6.62. The van der Waals surface area contributed by atoms with Crippen LogP contribution < -0.4 is 11.1 Å². The second-order valence-corrected chi connectivity index (χ2v) is 3.09. The van der Waals surface area contributed by atoms with E-state index in [2.05, 4.69) is 30.5 Å². The molecule has 4 nitrogen and oxygen atoms in total. The molecule has 0 amide bonds. The second-order valence-electron chi connectivity index (χ2n) is 3.09. The summed E-state index contributed by atoms with van der Waals surface area (Å²) in [5, 5.41) is 7.52. The van der Waals surface area contributed by atoms with Gasteiger partial charge in [-0.3, -0.25) is 4.68 Å². The van der Waals surface area contributed by atoms with Crippen LogP contribution in [0.2, 0.25) is 0 Å². The molecule has 0 aromatic carbocycles. The molecular formula is C9H18N4. The Morgan fingerprint density at radius 1 is 1.69 bits per heavy atom. The van der Waals surface area contributed by atoms with Gasteiger partial charge in [0.2, 0.25) is 0 Å². The Morgan fingerprint density at radius 3 is 3.00 bits per heavy atom. The van der Waals surface area contributed by atoms with Crippen LogP contribution in [-0.2, 0) is 6.54 Å². The number of hydrogen-bond acceptors (Lipinski definition) is 3. The van der Waals surface area contributed by atoms with Crippen LogP contribution in [0, 0.1) is 0 Å². The van der Waals surface area contributed by atoms with Crippen molar-refractivity contribution in [2.75, 3.05) is 13.1 Å².